The van der Waals surface area contributed by atoms with E-state index in [1.807, 2.05) is 19.9 Å². The van der Waals surface area contributed by atoms with Crippen LogP contribution in [0.25, 0.3) is 22.2 Å². The molecular formula is C24H24FN7O. The molecule has 1 amide bonds. The fourth-order valence-corrected chi connectivity index (χ4v) is 3.51. The number of rotatable bonds is 7. The normalized spacial score (nSPS) is 11.1. The number of hydrogen-bond acceptors (Lipinski definition) is 7. The van der Waals surface area contributed by atoms with Crippen molar-refractivity contribution in [1.82, 2.24) is 30.2 Å². The van der Waals surface area contributed by atoms with E-state index < -0.39 is 5.82 Å². The number of halogens is 1. The third-order valence-corrected chi connectivity index (χ3v) is 5.25. The number of amides is 1. The number of pyridine rings is 1. The second-order valence-electron chi connectivity index (χ2n) is 7.82. The number of carbonyl (C=O) groups excluding carboxylic acids is 1. The van der Waals surface area contributed by atoms with Gasteiger partial charge in [-0.15, -0.1) is 0 Å². The molecule has 0 saturated carbocycles. The summed E-state index contributed by atoms with van der Waals surface area (Å²) in [7, 11) is 1.51. The molecule has 0 bridgehead atoms. The van der Waals surface area contributed by atoms with Crippen LogP contribution < -0.4 is 10.6 Å². The predicted octanol–water partition coefficient (Wildman–Crippen LogP) is 3.76. The van der Waals surface area contributed by atoms with E-state index in [0.717, 1.165) is 17.0 Å². The van der Waals surface area contributed by atoms with Gasteiger partial charge in [-0.1, -0.05) is 19.9 Å². The third kappa shape index (κ3) is 4.77. The minimum Gasteiger partial charge on any atom is -0.370 e. The molecule has 0 spiro atoms. The largest absolute Gasteiger partial charge is 0.370 e. The zero-order chi connectivity index (χ0) is 23.4. The fourth-order valence-electron chi connectivity index (χ4n) is 3.51. The fraction of sp³-hybridized carbons (Fsp3) is 0.250. The Bertz CT molecular complexity index is 1290. The Balaban J connectivity index is 1.51. The summed E-state index contributed by atoms with van der Waals surface area (Å²) in [6.45, 7) is 4.62. The summed E-state index contributed by atoms with van der Waals surface area (Å²) in [6, 6.07) is 6.42. The molecular weight excluding hydrogens is 421 g/mol. The van der Waals surface area contributed by atoms with Gasteiger partial charge in [0, 0.05) is 55.1 Å². The number of benzene rings is 1. The summed E-state index contributed by atoms with van der Waals surface area (Å²) in [4.78, 5) is 33.8. The molecule has 0 aliphatic carbocycles. The monoisotopic (exact) mass is 445 g/mol. The van der Waals surface area contributed by atoms with Crippen LogP contribution in [0, 0.1) is 5.82 Å². The molecule has 0 saturated heterocycles. The zero-order valence-electron chi connectivity index (χ0n) is 18.6. The van der Waals surface area contributed by atoms with Gasteiger partial charge in [-0.25, -0.2) is 24.3 Å². The molecule has 8 nitrogen and oxygen atoms in total. The first-order valence-corrected chi connectivity index (χ1v) is 10.6. The lowest BCUT2D eigenvalue weighted by Crippen LogP contribution is -2.18. The molecule has 9 heteroatoms. The molecule has 0 aliphatic rings. The van der Waals surface area contributed by atoms with Gasteiger partial charge >= 0.3 is 0 Å². The van der Waals surface area contributed by atoms with E-state index in [2.05, 4.69) is 35.6 Å². The van der Waals surface area contributed by atoms with Crippen molar-refractivity contribution in [3.05, 3.63) is 72.0 Å². The molecule has 3 aromatic heterocycles. The van der Waals surface area contributed by atoms with Crippen LogP contribution >= 0.6 is 0 Å². The van der Waals surface area contributed by atoms with Crippen LogP contribution in [0.4, 0.5) is 10.2 Å². The van der Waals surface area contributed by atoms with Gasteiger partial charge < -0.3 is 10.6 Å². The number of nitrogens with zero attached hydrogens (tertiary/aromatic N) is 5. The van der Waals surface area contributed by atoms with Crippen LogP contribution in [0.2, 0.25) is 0 Å². The first-order valence-electron chi connectivity index (χ1n) is 10.6. The van der Waals surface area contributed by atoms with Crippen LogP contribution in [0.1, 0.15) is 41.5 Å². The highest BCUT2D eigenvalue weighted by molar-refractivity contribution is 6.06. The second-order valence-corrected chi connectivity index (χ2v) is 7.82. The van der Waals surface area contributed by atoms with E-state index in [1.165, 1.54) is 31.7 Å². The van der Waals surface area contributed by atoms with Crippen molar-refractivity contribution in [2.24, 2.45) is 0 Å². The maximum Gasteiger partial charge on any atom is 0.251 e. The van der Waals surface area contributed by atoms with Crippen LogP contribution in [0.15, 0.2) is 49.2 Å². The number of nitrogens with one attached hydrogen (secondary N) is 2. The maximum absolute atomic E-state index is 14.5. The van der Waals surface area contributed by atoms with Crippen molar-refractivity contribution < 1.29 is 9.18 Å². The van der Waals surface area contributed by atoms with Crippen LogP contribution in [0.3, 0.4) is 0 Å². The Morgan fingerprint density at radius 1 is 1.06 bits per heavy atom. The summed E-state index contributed by atoms with van der Waals surface area (Å²) >= 11 is 0. The highest BCUT2D eigenvalue weighted by Gasteiger charge is 2.15. The minimum atomic E-state index is -0.473. The van der Waals surface area contributed by atoms with Gasteiger partial charge in [0.25, 0.3) is 5.91 Å². The van der Waals surface area contributed by atoms with Crippen molar-refractivity contribution in [2.45, 2.75) is 26.2 Å². The average molecular weight is 446 g/mol. The third-order valence-electron chi connectivity index (χ3n) is 5.25. The van der Waals surface area contributed by atoms with Gasteiger partial charge in [0.15, 0.2) is 0 Å². The SMILES string of the molecule is CNC(=O)c1ccnc2c(CCNc3cc(-c4cnc(C(C)C)nc4)ncn3)ccc(F)c12. The molecule has 33 heavy (non-hydrogen) atoms. The number of anilines is 1. The quantitative estimate of drug-likeness (QED) is 0.446. The van der Waals surface area contributed by atoms with E-state index in [0.29, 0.717) is 30.0 Å². The van der Waals surface area contributed by atoms with E-state index in [9.17, 15) is 9.18 Å². The molecule has 3 heterocycles. The Morgan fingerprint density at radius 3 is 2.58 bits per heavy atom. The van der Waals surface area contributed by atoms with Gasteiger partial charge in [0.05, 0.1) is 16.8 Å². The minimum absolute atomic E-state index is 0.225. The zero-order valence-corrected chi connectivity index (χ0v) is 18.6. The molecule has 2 N–H and O–H groups in total. The number of fused-ring (bicyclic) bond motifs is 1. The molecule has 4 rings (SSSR count). The molecule has 4 aromatic rings. The highest BCUT2D eigenvalue weighted by atomic mass is 19.1. The summed E-state index contributed by atoms with van der Waals surface area (Å²) < 4.78 is 14.5. The van der Waals surface area contributed by atoms with E-state index in [1.54, 1.807) is 18.5 Å². The molecule has 0 aliphatic heterocycles. The summed E-state index contributed by atoms with van der Waals surface area (Å²) in [5.41, 5.74) is 3.09. The smallest absolute Gasteiger partial charge is 0.251 e. The average Bonchev–Trinajstić information content (AvgIpc) is 2.85. The van der Waals surface area contributed by atoms with E-state index >= 15 is 0 Å². The summed E-state index contributed by atoms with van der Waals surface area (Å²) in [6.07, 6.45) is 7.08. The predicted molar refractivity (Wildman–Crippen MR) is 124 cm³/mol. The van der Waals surface area contributed by atoms with E-state index in [-0.39, 0.29) is 22.8 Å². The second kappa shape index (κ2) is 9.64. The van der Waals surface area contributed by atoms with Gasteiger partial charge in [-0.2, -0.15) is 0 Å². The first kappa shape index (κ1) is 22.2. The highest BCUT2D eigenvalue weighted by Crippen LogP contribution is 2.24. The van der Waals surface area contributed by atoms with Crippen molar-refractivity contribution in [2.75, 3.05) is 18.9 Å². The molecule has 0 atom stereocenters. The maximum atomic E-state index is 14.5. The lowest BCUT2D eigenvalue weighted by molar-refractivity contribution is 0.0964. The number of aromatic nitrogens is 5. The van der Waals surface area contributed by atoms with Crippen molar-refractivity contribution in [1.29, 1.82) is 0 Å². The van der Waals surface area contributed by atoms with Crippen LogP contribution in [-0.4, -0.2) is 44.4 Å². The Labute approximate surface area is 190 Å². The Morgan fingerprint density at radius 2 is 1.85 bits per heavy atom. The Hall–Kier alpha value is -4.01. The summed E-state index contributed by atoms with van der Waals surface area (Å²) in [5.74, 6) is 0.866. The van der Waals surface area contributed by atoms with Gasteiger partial charge in [-0.3, -0.25) is 9.78 Å². The lowest BCUT2D eigenvalue weighted by atomic mass is 10.0. The van der Waals surface area contributed by atoms with Gasteiger partial charge in [0.2, 0.25) is 0 Å². The molecule has 0 radical (unpaired) electrons. The van der Waals surface area contributed by atoms with Crippen LogP contribution in [-0.2, 0) is 6.42 Å². The van der Waals surface area contributed by atoms with Crippen LogP contribution in [0.5, 0.6) is 0 Å². The molecule has 0 fully saturated rings. The van der Waals surface area contributed by atoms with Crippen molar-refractivity contribution >= 4 is 22.6 Å². The van der Waals surface area contributed by atoms with Crippen molar-refractivity contribution in [3.63, 3.8) is 0 Å². The Kier molecular flexibility index (Phi) is 6.48. The first-order chi connectivity index (χ1) is 16.0. The van der Waals surface area contributed by atoms with Crippen molar-refractivity contribution in [3.8, 4) is 11.3 Å². The topological polar surface area (TPSA) is 106 Å². The standard InChI is InChI=1S/C24H24FN7O/c1-14(2)23-29-11-16(12-30-23)19-10-20(32-13-31-19)27-8-6-15-4-5-18(25)21-17(24(33)26-3)7-9-28-22(15)21/h4-5,7,9-14H,6,8H2,1-3H3,(H,26,33)(H,27,31,32). The summed E-state index contributed by atoms with van der Waals surface area (Å²) in [5, 5.41) is 6.04. The van der Waals surface area contributed by atoms with Gasteiger partial charge in [0.1, 0.15) is 23.8 Å². The van der Waals surface area contributed by atoms with Gasteiger partial charge in [-0.05, 0) is 24.1 Å². The lowest BCUT2D eigenvalue weighted by Gasteiger charge is -2.11. The molecule has 168 valence electrons. The molecule has 0 unspecified atom stereocenters. The number of carbonyl (C=O) groups is 1. The number of hydrogen-bond donors (Lipinski definition) is 2. The molecule has 1 aromatic carbocycles. The van der Waals surface area contributed by atoms with E-state index in [4.69, 9.17) is 0 Å².